The van der Waals surface area contributed by atoms with Crippen molar-refractivity contribution in [3.63, 3.8) is 0 Å². The largest absolute Gasteiger partial charge is 0.339 e. The highest BCUT2D eigenvalue weighted by atomic mass is 16.5. The third-order valence-corrected chi connectivity index (χ3v) is 3.24. The summed E-state index contributed by atoms with van der Waals surface area (Å²) in [6.45, 7) is 6.36. The lowest BCUT2D eigenvalue weighted by molar-refractivity contribution is 0.359. The molecule has 0 spiro atoms. The van der Waals surface area contributed by atoms with E-state index < -0.39 is 0 Å². The summed E-state index contributed by atoms with van der Waals surface area (Å²) < 4.78 is 5.22. The van der Waals surface area contributed by atoms with Gasteiger partial charge in [0.1, 0.15) is 0 Å². The molecule has 4 heteroatoms. The highest BCUT2D eigenvalue weighted by Gasteiger charge is 2.16. The van der Waals surface area contributed by atoms with Crippen LogP contribution in [0.25, 0.3) is 0 Å². The SMILES string of the molecule is CCCCCCCCc1nc(C(N)C(C)C)no1. The zero-order valence-electron chi connectivity index (χ0n) is 12.0. The molecule has 0 aromatic carbocycles. The van der Waals surface area contributed by atoms with Crippen LogP contribution in [0, 0.1) is 5.92 Å². The quantitative estimate of drug-likeness (QED) is 0.682. The number of rotatable bonds is 9. The van der Waals surface area contributed by atoms with Crippen molar-refractivity contribution < 1.29 is 4.52 Å². The van der Waals surface area contributed by atoms with E-state index in [0.717, 1.165) is 18.7 Å². The third kappa shape index (κ3) is 5.17. The van der Waals surface area contributed by atoms with Gasteiger partial charge in [-0.1, -0.05) is 58.0 Å². The van der Waals surface area contributed by atoms with E-state index in [1.54, 1.807) is 0 Å². The summed E-state index contributed by atoms with van der Waals surface area (Å²) in [5.41, 5.74) is 5.98. The Balaban J connectivity index is 2.23. The van der Waals surface area contributed by atoms with E-state index in [2.05, 4.69) is 30.9 Å². The van der Waals surface area contributed by atoms with Crippen LogP contribution in [0.2, 0.25) is 0 Å². The number of hydrogen-bond acceptors (Lipinski definition) is 4. The molecule has 0 aliphatic rings. The van der Waals surface area contributed by atoms with Crippen LogP contribution >= 0.6 is 0 Å². The Morgan fingerprint density at radius 2 is 1.78 bits per heavy atom. The van der Waals surface area contributed by atoms with Crippen molar-refractivity contribution >= 4 is 0 Å². The molecule has 0 saturated carbocycles. The van der Waals surface area contributed by atoms with Crippen LogP contribution in [0.15, 0.2) is 4.52 Å². The first-order valence-electron chi connectivity index (χ1n) is 7.23. The first-order chi connectivity index (χ1) is 8.65. The van der Waals surface area contributed by atoms with Crippen LogP contribution in [-0.2, 0) is 6.42 Å². The molecule has 1 heterocycles. The third-order valence-electron chi connectivity index (χ3n) is 3.24. The van der Waals surface area contributed by atoms with Crippen LogP contribution in [0.1, 0.15) is 77.1 Å². The zero-order valence-corrected chi connectivity index (χ0v) is 12.0. The summed E-state index contributed by atoms with van der Waals surface area (Å²) in [6.07, 6.45) is 8.53. The van der Waals surface area contributed by atoms with Crippen molar-refractivity contribution in [3.05, 3.63) is 11.7 Å². The first kappa shape index (κ1) is 15.2. The van der Waals surface area contributed by atoms with Crippen LogP contribution in [0.5, 0.6) is 0 Å². The second-order valence-corrected chi connectivity index (χ2v) is 5.33. The highest BCUT2D eigenvalue weighted by molar-refractivity contribution is 4.94. The summed E-state index contributed by atoms with van der Waals surface area (Å²) >= 11 is 0. The van der Waals surface area contributed by atoms with Crippen molar-refractivity contribution in [1.29, 1.82) is 0 Å². The molecule has 0 aliphatic carbocycles. The molecular formula is C14H27N3O. The summed E-state index contributed by atoms with van der Waals surface area (Å²) in [6, 6.07) is -0.118. The number of unbranched alkanes of at least 4 members (excludes halogenated alkanes) is 5. The molecule has 0 bridgehead atoms. The van der Waals surface area contributed by atoms with Gasteiger partial charge in [0.05, 0.1) is 6.04 Å². The summed E-state index contributed by atoms with van der Waals surface area (Å²) in [4.78, 5) is 4.36. The molecule has 0 radical (unpaired) electrons. The Kier molecular flexibility index (Phi) is 6.94. The lowest BCUT2D eigenvalue weighted by atomic mass is 10.1. The maximum absolute atomic E-state index is 5.98. The van der Waals surface area contributed by atoms with E-state index in [4.69, 9.17) is 10.3 Å². The molecular weight excluding hydrogens is 226 g/mol. The molecule has 1 aromatic rings. The lowest BCUT2D eigenvalue weighted by Crippen LogP contribution is -2.18. The summed E-state index contributed by atoms with van der Waals surface area (Å²) in [7, 11) is 0. The summed E-state index contributed by atoms with van der Waals surface area (Å²) in [5.74, 6) is 1.71. The van der Waals surface area contributed by atoms with E-state index in [1.165, 1.54) is 32.1 Å². The number of aromatic nitrogens is 2. The minimum absolute atomic E-state index is 0.118. The predicted molar refractivity (Wildman–Crippen MR) is 73.1 cm³/mol. The molecule has 0 aliphatic heterocycles. The van der Waals surface area contributed by atoms with Crippen molar-refractivity contribution in [2.45, 2.75) is 71.8 Å². The van der Waals surface area contributed by atoms with Gasteiger partial charge in [-0.05, 0) is 12.3 Å². The molecule has 1 aromatic heterocycles. The van der Waals surface area contributed by atoms with Gasteiger partial charge in [-0.15, -0.1) is 0 Å². The molecule has 18 heavy (non-hydrogen) atoms. The Morgan fingerprint density at radius 3 is 2.44 bits per heavy atom. The highest BCUT2D eigenvalue weighted by Crippen LogP contribution is 2.16. The van der Waals surface area contributed by atoms with E-state index >= 15 is 0 Å². The van der Waals surface area contributed by atoms with E-state index in [-0.39, 0.29) is 6.04 Å². The second kappa shape index (κ2) is 8.25. The molecule has 1 atom stereocenters. The molecule has 0 fully saturated rings. The number of nitrogens with two attached hydrogens (primary N) is 1. The fourth-order valence-electron chi connectivity index (χ4n) is 1.86. The Bertz CT molecular complexity index is 323. The van der Waals surface area contributed by atoms with Gasteiger partial charge in [0.2, 0.25) is 5.89 Å². The van der Waals surface area contributed by atoms with Crippen molar-refractivity contribution in [1.82, 2.24) is 10.1 Å². The van der Waals surface area contributed by atoms with Gasteiger partial charge in [0, 0.05) is 6.42 Å². The molecule has 0 saturated heterocycles. The maximum Gasteiger partial charge on any atom is 0.226 e. The minimum Gasteiger partial charge on any atom is -0.339 e. The fourth-order valence-corrected chi connectivity index (χ4v) is 1.86. The molecule has 1 unspecified atom stereocenters. The normalized spacial score (nSPS) is 13.2. The van der Waals surface area contributed by atoms with Crippen molar-refractivity contribution in [2.24, 2.45) is 11.7 Å². The van der Waals surface area contributed by atoms with E-state index in [9.17, 15) is 0 Å². The van der Waals surface area contributed by atoms with Gasteiger partial charge in [-0.2, -0.15) is 4.98 Å². The Morgan fingerprint density at radius 1 is 1.11 bits per heavy atom. The average Bonchev–Trinajstić information content (AvgIpc) is 2.81. The predicted octanol–water partition coefficient (Wildman–Crippen LogP) is 3.63. The molecule has 104 valence electrons. The number of hydrogen-bond donors (Lipinski definition) is 1. The molecule has 0 amide bonds. The zero-order chi connectivity index (χ0) is 13.4. The van der Waals surface area contributed by atoms with Crippen LogP contribution in [0.3, 0.4) is 0 Å². The lowest BCUT2D eigenvalue weighted by Gasteiger charge is -2.09. The molecule has 1 rings (SSSR count). The standard InChI is InChI=1S/C14H27N3O/c1-4-5-6-7-8-9-10-12-16-14(17-18-12)13(15)11(2)3/h11,13H,4-10,15H2,1-3H3. The van der Waals surface area contributed by atoms with Crippen LogP contribution in [0.4, 0.5) is 0 Å². The van der Waals surface area contributed by atoms with Gasteiger partial charge >= 0.3 is 0 Å². The molecule has 4 nitrogen and oxygen atoms in total. The first-order valence-corrected chi connectivity index (χ1v) is 7.23. The smallest absolute Gasteiger partial charge is 0.226 e. The van der Waals surface area contributed by atoms with Gasteiger partial charge in [0.25, 0.3) is 0 Å². The van der Waals surface area contributed by atoms with E-state index in [1.807, 2.05) is 0 Å². The number of nitrogens with zero attached hydrogens (tertiary/aromatic N) is 2. The monoisotopic (exact) mass is 253 g/mol. The fraction of sp³-hybridized carbons (Fsp3) is 0.857. The van der Waals surface area contributed by atoms with E-state index in [0.29, 0.717) is 11.7 Å². The second-order valence-electron chi connectivity index (χ2n) is 5.33. The number of aryl methyl sites for hydroxylation is 1. The minimum atomic E-state index is -0.118. The Hall–Kier alpha value is -0.900. The average molecular weight is 253 g/mol. The maximum atomic E-state index is 5.98. The van der Waals surface area contributed by atoms with Crippen molar-refractivity contribution in [2.75, 3.05) is 0 Å². The van der Waals surface area contributed by atoms with Crippen LogP contribution < -0.4 is 5.73 Å². The van der Waals surface area contributed by atoms with Gasteiger partial charge in [0.15, 0.2) is 5.82 Å². The Labute approximate surface area is 110 Å². The van der Waals surface area contributed by atoms with Crippen LogP contribution in [-0.4, -0.2) is 10.1 Å². The van der Waals surface area contributed by atoms with Crippen molar-refractivity contribution in [3.8, 4) is 0 Å². The topological polar surface area (TPSA) is 64.9 Å². The van der Waals surface area contributed by atoms with Gasteiger partial charge < -0.3 is 10.3 Å². The summed E-state index contributed by atoms with van der Waals surface area (Å²) in [5, 5.41) is 3.95. The van der Waals surface area contributed by atoms with Gasteiger partial charge in [-0.25, -0.2) is 0 Å². The molecule has 2 N–H and O–H groups in total. The van der Waals surface area contributed by atoms with Gasteiger partial charge in [-0.3, -0.25) is 0 Å².